The summed E-state index contributed by atoms with van der Waals surface area (Å²) in [4.78, 5) is 84.3. The standard InChI is InChI=1S/C55H58N8O12/c1-71-45-21-39-41(56-25-37-19-34-10-4-6-12-43(34)62(37)54(39)69)23-47(45)74-30-32-16-33(18-36(17-32)61-52(67)29-60-51(66)28-59-50(65)27-58-49(64)14-8-9-15-53(68)73-3)31-75-48-24-42-40(22-46(48)72-2)55(70)63-38(26-57-42)20-35-11-5-7-13-44(35)63/h4-7,10-13,16-18,21-25,37-38,55,57,70H,8-9,14-15,19-20,26-31H2,1-3H3,(H,58,64)(H,59,65)(H,60,66)(H,61,67)/t37-,38-,55?/m0/s1. The van der Waals surface area contributed by atoms with Gasteiger partial charge in [-0.25, -0.2) is 0 Å². The second kappa shape index (κ2) is 23.1. The van der Waals surface area contributed by atoms with Crippen LogP contribution in [0.4, 0.5) is 28.4 Å². The predicted octanol–water partition coefficient (Wildman–Crippen LogP) is 5.02. The molecule has 4 aliphatic heterocycles. The Morgan fingerprint density at radius 1 is 0.693 bits per heavy atom. The zero-order valence-electron chi connectivity index (χ0n) is 41.7. The maximum Gasteiger partial charge on any atom is 0.305 e. The van der Waals surface area contributed by atoms with Crippen molar-refractivity contribution in [2.75, 3.05) is 67.9 Å². The molecule has 9 rings (SSSR count). The van der Waals surface area contributed by atoms with E-state index in [1.807, 2.05) is 53.4 Å². The molecule has 6 N–H and O–H groups in total. The fourth-order valence-electron chi connectivity index (χ4n) is 9.70. The van der Waals surface area contributed by atoms with Crippen molar-refractivity contribution in [3.63, 3.8) is 0 Å². The largest absolute Gasteiger partial charge is 0.493 e. The van der Waals surface area contributed by atoms with Gasteiger partial charge in [0.1, 0.15) is 13.2 Å². The van der Waals surface area contributed by atoms with Gasteiger partial charge in [-0.05, 0) is 84.0 Å². The number of unbranched alkanes of at least 4 members (excludes halogenated alkanes) is 1. The first-order chi connectivity index (χ1) is 36.4. The van der Waals surface area contributed by atoms with Gasteiger partial charge in [-0.1, -0.05) is 36.4 Å². The monoisotopic (exact) mass is 1020 g/mol. The van der Waals surface area contributed by atoms with Gasteiger partial charge < -0.3 is 60.3 Å². The molecule has 0 saturated heterocycles. The van der Waals surface area contributed by atoms with Crippen LogP contribution < -0.4 is 55.3 Å². The van der Waals surface area contributed by atoms with Crippen LogP contribution in [0, 0.1) is 0 Å². The van der Waals surface area contributed by atoms with Gasteiger partial charge in [0.25, 0.3) is 5.91 Å². The van der Waals surface area contributed by atoms with Crippen molar-refractivity contribution in [2.45, 2.75) is 70.1 Å². The highest BCUT2D eigenvalue weighted by Crippen LogP contribution is 2.45. The summed E-state index contributed by atoms with van der Waals surface area (Å²) >= 11 is 0. The Morgan fingerprint density at radius 3 is 2.00 bits per heavy atom. The lowest BCUT2D eigenvalue weighted by Gasteiger charge is -2.30. The Kier molecular flexibility index (Phi) is 15.8. The fourth-order valence-corrected chi connectivity index (χ4v) is 9.70. The molecule has 0 bridgehead atoms. The number of hydrogen-bond donors (Lipinski definition) is 6. The van der Waals surface area contributed by atoms with E-state index in [1.54, 1.807) is 47.5 Å². The number of carbonyl (C=O) groups excluding carboxylic acids is 6. The van der Waals surface area contributed by atoms with E-state index in [-0.39, 0.29) is 62.5 Å². The molecule has 4 heterocycles. The predicted molar refractivity (Wildman–Crippen MR) is 278 cm³/mol. The zero-order chi connectivity index (χ0) is 52.6. The lowest BCUT2D eigenvalue weighted by molar-refractivity contribution is -0.140. The Morgan fingerprint density at radius 2 is 1.31 bits per heavy atom. The van der Waals surface area contributed by atoms with E-state index < -0.39 is 37.0 Å². The summed E-state index contributed by atoms with van der Waals surface area (Å²) in [7, 11) is 4.30. The molecule has 0 fully saturated rings. The molecule has 0 saturated carbocycles. The minimum Gasteiger partial charge on any atom is -0.493 e. The summed E-state index contributed by atoms with van der Waals surface area (Å²) in [6.07, 6.45) is 3.46. The highest BCUT2D eigenvalue weighted by molar-refractivity contribution is 6.14. The second-order valence-electron chi connectivity index (χ2n) is 18.4. The van der Waals surface area contributed by atoms with Crippen LogP contribution in [0.25, 0.3) is 0 Å². The van der Waals surface area contributed by atoms with Gasteiger partial charge in [0.2, 0.25) is 23.6 Å². The zero-order valence-corrected chi connectivity index (χ0v) is 41.7. The third-order valence-electron chi connectivity index (χ3n) is 13.4. The number of aliphatic hydroxyl groups excluding tert-OH is 1. The summed E-state index contributed by atoms with van der Waals surface area (Å²) < 4.78 is 28.9. The van der Waals surface area contributed by atoms with Crippen LogP contribution in [0.1, 0.15) is 70.1 Å². The van der Waals surface area contributed by atoms with Crippen LogP contribution in [0.5, 0.6) is 23.0 Å². The number of para-hydroxylation sites is 2. The smallest absolute Gasteiger partial charge is 0.305 e. The number of ether oxygens (including phenoxy) is 5. The van der Waals surface area contributed by atoms with Crippen LogP contribution in [-0.4, -0.2) is 106 Å². The molecule has 20 heteroatoms. The molecule has 5 amide bonds. The van der Waals surface area contributed by atoms with Crippen molar-refractivity contribution < 1.29 is 57.6 Å². The molecule has 4 aliphatic rings. The number of aliphatic hydroxyl groups is 1. The van der Waals surface area contributed by atoms with E-state index in [0.29, 0.717) is 88.1 Å². The van der Waals surface area contributed by atoms with Crippen LogP contribution >= 0.6 is 0 Å². The molecule has 3 atom stereocenters. The van der Waals surface area contributed by atoms with Gasteiger partial charge in [-0.2, -0.15) is 0 Å². The van der Waals surface area contributed by atoms with Gasteiger partial charge in [-0.3, -0.25) is 38.7 Å². The molecular formula is C55H58N8O12. The molecule has 1 unspecified atom stereocenters. The van der Waals surface area contributed by atoms with Crippen molar-refractivity contribution in [3.05, 3.63) is 124 Å². The summed E-state index contributed by atoms with van der Waals surface area (Å²) in [5, 5.41) is 25.5. The Balaban J connectivity index is 0.880. The van der Waals surface area contributed by atoms with Gasteiger partial charge in [0, 0.05) is 72.5 Å². The quantitative estimate of drug-likeness (QED) is 0.0443. The van der Waals surface area contributed by atoms with Crippen molar-refractivity contribution in [1.29, 1.82) is 0 Å². The van der Waals surface area contributed by atoms with Gasteiger partial charge in [-0.15, -0.1) is 0 Å². The molecule has 5 aromatic rings. The summed E-state index contributed by atoms with van der Waals surface area (Å²) in [5.74, 6) is -1.32. The number of hydrogen-bond acceptors (Lipinski definition) is 15. The maximum atomic E-state index is 14.0. The van der Waals surface area contributed by atoms with Crippen LogP contribution in [-0.2, 0) is 54.8 Å². The number of anilines is 4. The van der Waals surface area contributed by atoms with E-state index in [2.05, 4.69) is 37.4 Å². The van der Waals surface area contributed by atoms with Crippen LogP contribution in [0.15, 0.2) is 96.0 Å². The number of fused-ring (bicyclic) bond motifs is 8. The number of methoxy groups -OCH3 is 3. The molecule has 390 valence electrons. The van der Waals surface area contributed by atoms with Gasteiger partial charge >= 0.3 is 5.97 Å². The van der Waals surface area contributed by atoms with Crippen LogP contribution in [0.2, 0.25) is 0 Å². The first-order valence-corrected chi connectivity index (χ1v) is 24.6. The number of nitrogens with zero attached hydrogens (tertiary/aromatic N) is 3. The Labute approximate surface area is 432 Å². The number of rotatable bonds is 20. The summed E-state index contributed by atoms with van der Waals surface area (Å²) in [5.41, 5.74) is 7.77. The minimum atomic E-state index is -0.944. The molecule has 75 heavy (non-hydrogen) atoms. The highest BCUT2D eigenvalue weighted by Gasteiger charge is 2.39. The topological polar surface area (TPSA) is 248 Å². The molecule has 20 nitrogen and oxygen atoms in total. The number of esters is 1. The number of carbonyl (C=O) groups is 6. The molecule has 5 aromatic carbocycles. The number of amides is 5. The van der Waals surface area contributed by atoms with E-state index >= 15 is 0 Å². The van der Waals surface area contributed by atoms with E-state index in [4.69, 9.17) is 23.9 Å². The summed E-state index contributed by atoms with van der Waals surface area (Å²) in [6.45, 7) is -0.677. The second-order valence-corrected chi connectivity index (χ2v) is 18.4. The summed E-state index contributed by atoms with van der Waals surface area (Å²) in [6, 6.07) is 27.8. The van der Waals surface area contributed by atoms with E-state index in [0.717, 1.165) is 23.4 Å². The highest BCUT2D eigenvalue weighted by atomic mass is 16.5. The Hall–Kier alpha value is -8.65. The van der Waals surface area contributed by atoms with Gasteiger partial charge in [0.05, 0.1) is 64.3 Å². The Bertz CT molecular complexity index is 3050. The maximum absolute atomic E-state index is 14.0. The van der Waals surface area contributed by atoms with Crippen molar-refractivity contribution in [2.24, 2.45) is 4.99 Å². The van der Waals surface area contributed by atoms with Crippen molar-refractivity contribution in [3.8, 4) is 23.0 Å². The lowest BCUT2D eigenvalue weighted by atomic mass is 10.1. The van der Waals surface area contributed by atoms with E-state index in [1.165, 1.54) is 26.9 Å². The lowest BCUT2D eigenvalue weighted by Crippen LogP contribution is -2.43. The van der Waals surface area contributed by atoms with E-state index in [9.17, 15) is 33.9 Å². The van der Waals surface area contributed by atoms with Gasteiger partial charge in [0.15, 0.2) is 29.2 Å². The molecule has 0 radical (unpaired) electrons. The fraction of sp³-hybridized carbons (Fsp3) is 0.327. The van der Waals surface area contributed by atoms with Crippen LogP contribution in [0.3, 0.4) is 0 Å². The SMILES string of the molecule is COC(=O)CCCCC(=O)NCC(=O)NCC(=O)NCC(=O)Nc1cc(COc2cc3c(cc2OC)C(=O)N2c4ccccc4C[C@H]2C=N3)cc(COc2cc3c(cc2OC)C(O)N2c4ccccc4C[C@H]2CN3)c1. The third-order valence-corrected chi connectivity index (χ3v) is 13.4. The average Bonchev–Trinajstić information content (AvgIpc) is 3.92. The average molecular weight is 1020 g/mol. The van der Waals surface area contributed by atoms with Crippen molar-refractivity contribution in [1.82, 2.24) is 16.0 Å². The molecule has 0 spiro atoms. The number of aliphatic imine (C=N–C) groups is 1. The molecular weight excluding hydrogens is 965 g/mol. The third kappa shape index (κ3) is 11.8. The normalized spacial score (nSPS) is 16.5. The van der Waals surface area contributed by atoms with Crippen molar-refractivity contribution >= 4 is 70.2 Å². The number of nitrogens with one attached hydrogen (secondary N) is 5. The minimum absolute atomic E-state index is 0.00259. The number of benzene rings is 5. The first-order valence-electron chi connectivity index (χ1n) is 24.6. The molecule has 0 aliphatic carbocycles. The first kappa shape index (κ1) is 51.3. The molecule has 0 aromatic heterocycles.